The number of esters is 2. The lowest BCUT2D eigenvalue weighted by Gasteiger charge is -2.20. The van der Waals surface area contributed by atoms with E-state index in [2.05, 4.69) is 42.0 Å². The van der Waals surface area contributed by atoms with Gasteiger partial charge in [0.15, 0.2) is 6.10 Å². The Kier molecular flexibility index (Phi) is 33.3. The van der Waals surface area contributed by atoms with Crippen LogP contribution in [0.15, 0.2) is 36.5 Å². The zero-order valence-electron chi connectivity index (χ0n) is 33.5. The van der Waals surface area contributed by atoms with Gasteiger partial charge < -0.3 is 34.4 Å². The maximum atomic E-state index is 12.6. The van der Waals surface area contributed by atoms with Gasteiger partial charge in [0.25, 0.3) is 0 Å². The molecule has 0 aliphatic heterocycles. The molecule has 0 radical (unpaired) electrons. The summed E-state index contributed by atoms with van der Waals surface area (Å²) >= 11 is 0. The molecule has 0 aromatic rings. The van der Waals surface area contributed by atoms with Gasteiger partial charge in [0, 0.05) is 12.8 Å². The van der Waals surface area contributed by atoms with Crippen LogP contribution in [-0.4, -0.2) is 81.6 Å². The van der Waals surface area contributed by atoms with Crippen LogP contribution in [0.1, 0.15) is 149 Å². The molecule has 14 nitrogen and oxygen atoms in total. The fourth-order valence-electron chi connectivity index (χ4n) is 5.21. The molecule has 0 rings (SSSR count). The fraction of sp³-hybridized carbons (Fsp3) is 0.795. The van der Waals surface area contributed by atoms with Gasteiger partial charge in [-0.15, -0.1) is 0 Å². The summed E-state index contributed by atoms with van der Waals surface area (Å²) in [6.45, 7) is 3.79. The van der Waals surface area contributed by atoms with Gasteiger partial charge in [-0.1, -0.05) is 141 Å². The summed E-state index contributed by atoms with van der Waals surface area (Å²) in [4.78, 5) is 52.5. The SMILES string of the molecule is CC/C=C/C/C=C/C=C/C(O)CCCCCCCC(=O)OC[C@H](COP(=O)(O)OC[C@@H](O)COP(=O)(O)O)OC(=O)CCCCCCCCCCC(C)CC. The number of aliphatic hydroxyl groups is 2. The van der Waals surface area contributed by atoms with Gasteiger partial charge in [-0.2, -0.15) is 0 Å². The predicted octanol–water partition coefficient (Wildman–Crippen LogP) is 8.55. The topological polar surface area (TPSA) is 216 Å². The van der Waals surface area contributed by atoms with Crippen molar-refractivity contribution in [1.82, 2.24) is 0 Å². The van der Waals surface area contributed by atoms with E-state index in [-0.39, 0.29) is 12.8 Å². The monoisotopic (exact) mass is 826 g/mol. The number of rotatable bonds is 37. The lowest BCUT2D eigenvalue weighted by atomic mass is 9.99. The van der Waals surface area contributed by atoms with E-state index in [1.165, 1.54) is 32.1 Å². The third kappa shape index (κ3) is 37.6. The van der Waals surface area contributed by atoms with Crippen molar-refractivity contribution in [2.75, 3.05) is 26.4 Å². The van der Waals surface area contributed by atoms with Crippen molar-refractivity contribution in [2.45, 2.75) is 167 Å². The van der Waals surface area contributed by atoms with E-state index in [0.29, 0.717) is 19.3 Å². The highest BCUT2D eigenvalue weighted by atomic mass is 31.2. The average molecular weight is 827 g/mol. The summed E-state index contributed by atoms with van der Waals surface area (Å²) in [6.07, 6.45) is 26.1. The van der Waals surface area contributed by atoms with Crippen molar-refractivity contribution in [3.8, 4) is 0 Å². The number of unbranched alkanes of at least 4 members (excludes halogenated alkanes) is 11. The molecule has 5 N–H and O–H groups in total. The highest BCUT2D eigenvalue weighted by molar-refractivity contribution is 7.47. The van der Waals surface area contributed by atoms with Gasteiger partial charge in [-0.25, -0.2) is 9.13 Å². The average Bonchev–Trinajstić information content (AvgIpc) is 3.13. The van der Waals surface area contributed by atoms with Gasteiger partial charge in [-0.3, -0.25) is 23.2 Å². The number of phosphoric ester groups is 2. The van der Waals surface area contributed by atoms with Crippen molar-refractivity contribution < 1.29 is 66.7 Å². The summed E-state index contributed by atoms with van der Waals surface area (Å²) in [5.74, 6) is -0.331. The smallest absolute Gasteiger partial charge is 0.462 e. The molecule has 16 heteroatoms. The predicted molar refractivity (Wildman–Crippen MR) is 213 cm³/mol. The van der Waals surface area contributed by atoms with Crippen molar-refractivity contribution in [2.24, 2.45) is 5.92 Å². The normalized spacial score (nSPS) is 15.7. The summed E-state index contributed by atoms with van der Waals surface area (Å²) in [7, 11) is -9.69. The second-order valence-corrected chi connectivity index (χ2v) is 16.7. The van der Waals surface area contributed by atoms with E-state index in [1.807, 2.05) is 18.2 Å². The number of carbonyl (C=O) groups excluding carboxylic acids is 2. The second kappa shape index (κ2) is 34.4. The Bertz CT molecular complexity index is 1160. The van der Waals surface area contributed by atoms with Gasteiger partial charge >= 0.3 is 27.6 Å². The lowest BCUT2D eigenvalue weighted by Crippen LogP contribution is -2.30. The number of aliphatic hydroxyl groups excluding tert-OH is 2. The molecule has 0 aliphatic rings. The fourth-order valence-corrected chi connectivity index (χ4v) is 6.37. The number of ether oxygens (including phenoxy) is 2. The van der Waals surface area contributed by atoms with E-state index in [0.717, 1.165) is 70.1 Å². The van der Waals surface area contributed by atoms with E-state index >= 15 is 0 Å². The molecule has 0 fully saturated rings. The first kappa shape index (κ1) is 53.3. The molecular weight excluding hydrogens is 754 g/mol. The Morgan fingerprint density at radius 2 is 1.18 bits per heavy atom. The van der Waals surface area contributed by atoms with Crippen LogP contribution in [-0.2, 0) is 41.8 Å². The van der Waals surface area contributed by atoms with E-state index in [4.69, 9.17) is 23.8 Å². The minimum atomic E-state index is -4.87. The van der Waals surface area contributed by atoms with E-state index < -0.39 is 72.3 Å². The maximum absolute atomic E-state index is 12.6. The van der Waals surface area contributed by atoms with Crippen molar-refractivity contribution in [3.05, 3.63) is 36.5 Å². The number of allylic oxidation sites excluding steroid dienone is 5. The minimum absolute atomic E-state index is 0.111. The van der Waals surface area contributed by atoms with Gasteiger partial charge in [0.05, 0.1) is 25.9 Å². The van der Waals surface area contributed by atoms with Gasteiger partial charge in [-0.05, 0) is 38.0 Å². The molecule has 0 heterocycles. The second-order valence-electron chi connectivity index (χ2n) is 14.0. The van der Waals surface area contributed by atoms with E-state index in [1.54, 1.807) is 6.08 Å². The summed E-state index contributed by atoms with van der Waals surface area (Å²) < 4.78 is 47.6. The molecule has 0 amide bonds. The zero-order chi connectivity index (χ0) is 41.2. The minimum Gasteiger partial charge on any atom is -0.462 e. The molecule has 0 aromatic heterocycles. The Hall–Kier alpha value is -1.70. The van der Waals surface area contributed by atoms with Crippen LogP contribution in [0.4, 0.5) is 0 Å². The van der Waals surface area contributed by atoms with Gasteiger partial charge in [0.2, 0.25) is 0 Å². The highest BCUT2D eigenvalue weighted by Crippen LogP contribution is 2.43. The standard InChI is InChI=1S/C39H72O14P2/c1-4-6-7-8-11-16-21-26-35(40)27-22-17-14-19-23-28-38(42)49-32-37(33-52-55(47,48)51-31-36(41)30-50-54(44,45)46)53-39(43)29-24-18-13-10-9-12-15-20-25-34(3)5-2/h6-7,11,16,21,26,34-37,40-41H,4-5,8-10,12-15,17-20,22-25,27-33H2,1-3H3,(H,47,48)(H2,44,45,46)/b7-6+,16-11+,26-21+/t34?,35?,36-,37+/m0/s1. The first-order valence-electron chi connectivity index (χ1n) is 20.2. The Labute approximate surface area is 329 Å². The molecule has 0 bridgehead atoms. The first-order chi connectivity index (χ1) is 26.2. The van der Waals surface area contributed by atoms with Crippen LogP contribution in [0, 0.1) is 5.92 Å². The molecule has 55 heavy (non-hydrogen) atoms. The Morgan fingerprint density at radius 1 is 0.636 bits per heavy atom. The third-order valence-electron chi connectivity index (χ3n) is 8.68. The maximum Gasteiger partial charge on any atom is 0.472 e. The molecule has 0 aliphatic carbocycles. The lowest BCUT2D eigenvalue weighted by molar-refractivity contribution is -0.161. The molecule has 0 saturated heterocycles. The van der Waals surface area contributed by atoms with Crippen LogP contribution >= 0.6 is 15.6 Å². The summed E-state index contributed by atoms with van der Waals surface area (Å²) in [5, 5.41) is 19.8. The molecule has 3 unspecified atom stereocenters. The first-order valence-corrected chi connectivity index (χ1v) is 23.2. The summed E-state index contributed by atoms with van der Waals surface area (Å²) in [6, 6.07) is 0. The van der Waals surface area contributed by atoms with Crippen LogP contribution in [0.25, 0.3) is 0 Å². The van der Waals surface area contributed by atoms with E-state index in [9.17, 15) is 33.8 Å². The number of hydrogen-bond acceptors (Lipinski definition) is 11. The van der Waals surface area contributed by atoms with Crippen LogP contribution in [0.5, 0.6) is 0 Å². The number of phosphoric acid groups is 2. The van der Waals surface area contributed by atoms with Crippen molar-refractivity contribution in [1.29, 1.82) is 0 Å². The molecular formula is C39H72O14P2. The number of carbonyl (C=O) groups is 2. The third-order valence-corrected chi connectivity index (χ3v) is 10.1. The Balaban J connectivity index is 4.65. The quantitative estimate of drug-likeness (QED) is 0.0130. The van der Waals surface area contributed by atoms with Crippen molar-refractivity contribution >= 4 is 27.6 Å². The Morgan fingerprint density at radius 3 is 1.78 bits per heavy atom. The summed E-state index contributed by atoms with van der Waals surface area (Å²) in [5.41, 5.74) is 0. The van der Waals surface area contributed by atoms with Crippen LogP contribution < -0.4 is 0 Å². The molecule has 0 spiro atoms. The molecule has 0 saturated carbocycles. The largest absolute Gasteiger partial charge is 0.472 e. The molecule has 0 aromatic carbocycles. The number of hydrogen-bond donors (Lipinski definition) is 5. The van der Waals surface area contributed by atoms with Crippen LogP contribution in [0.3, 0.4) is 0 Å². The van der Waals surface area contributed by atoms with Crippen LogP contribution in [0.2, 0.25) is 0 Å². The van der Waals surface area contributed by atoms with Crippen molar-refractivity contribution in [3.63, 3.8) is 0 Å². The molecule has 322 valence electrons. The van der Waals surface area contributed by atoms with Gasteiger partial charge in [0.1, 0.15) is 12.7 Å². The zero-order valence-corrected chi connectivity index (χ0v) is 35.3. The molecule has 5 atom stereocenters. The highest BCUT2D eigenvalue weighted by Gasteiger charge is 2.28.